The Morgan fingerprint density at radius 1 is 1.15 bits per heavy atom. The fourth-order valence-electron chi connectivity index (χ4n) is 2.47. The molecule has 3 heteroatoms. The molecule has 0 spiro atoms. The molecule has 2 heterocycles. The summed E-state index contributed by atoms with van der Waals surface area (Å²) in [6.45, 7) is 5.30. The first-order valence-corrected chi connectivity index (χ1v) is 7.18. The second-order valence-electron chi connectivity index (χ2n) is 5.15. The Balaban J connectivity index is 2.19. The van der Waals surface area contributed by atoms with E-state index in [2.05, 4.69) is 41.6 Å². The molecule has 0 bridgehead atoms. The maximum absolute atomic E-state index is 4.80. The van der Waals surface area contributed by atoms with Gasteiger partial charge in [-0.05, 0) is 43.2 Å². The summed E-state index contributed by atoms with van der Waals surface area (Å²) in [6, 6.07) is 12.4. The average molecular weight is 265 g/mol. The number of hydrogen-bond donors (Lipinski definition) is 0. The first kappa shape index (κ1) is 12.9. The number of fused-ring (bicyclic) bond motifs is 1. The minimum Gasteiger partial charge on any atom is -0.323 e. The third-order valence-corrected chi connectivity index (χ3v) is 3.53. The summed E-state index contributed by atoms with van der Waals surface area (Å²) in [5, 5.41) is 0. The minimum atomic E-state index is 0.942. The molecule has 0 N–H and O–H groups in total. The Kier molecular flexibility index (Phi) is 3.50. The van der Waals surface area contributed by atoms with E-state index in [-0.39, 0.29) is 0 Å². The molecule has 102 valence electrons. The Hall–Kier alpha value is -2.16. The zero-order chi connectivity index (χ0) is 13.9. The predicted octanol–water partition coefficient (Wildman–Crippen LogP) is 4.21. The van der Waals surface area contributed by atoms with Crippen molar-refractivity contribution in [2.45, 2.75) is 33.2 Å². The molecule has 3 rings (SSSR count). The summed E-state index contributed by atoms with van der Waals surface area (Å²) in [5.41, 5.74) is 4.44. The monoisotopic (exact) mass is 265 g/mol. The van der Waals surface area contributed by atoms with E-state index in [1.54, 1.807) is 0 Å². The summed E-state index contributed by atoms with van der Waals surface area (Å²) in [7, 11) is 0. The zero-order valence-corrected chi connectivity index (χ0v) is 12.0. The molecule has 0 unspecified atom stereocenters. The number of benzene rings is 1. The first-order valence-electron chi connectivity index (χ1n) is 7.18. The topological polar surface area (TPSA) is 30.7 Å². The maximum atomic E-state index is 4.80. The second kappa shape index (κ2) is 5.45. The smallest absolute Gasteiger partial charge is 0.159 e. The van der Waals surface area contributed by atoms with Gasteiger partial charge in [-0.3, -0.25) is 4.98 Å². The number of rotatable bonds is 4. The molecule has 2 aromatic heterocycles. The van der Waals surface area contributed by atoms with E-state index in [0.717, 1.165) is 30.0 Å². The Bertz CT molecular complexity index is 714. The van der Waals surface area contributed by atoms with Gasteiger partial charge in [0.15, 0.2) is 5.82 Å². The number of unbranched alkanes of at least 4 members (excludes halogenated alkanes) is 1. The minimum absolute atomic E-state index is 0.942. The number of imidazole rings is 1. The summed E-state index contributed by atoms with van der Waals surface area (Å²) >= 11 is 0. The standard InChI is InChI=1S/C17H19N3/c1-3-4-11-20-16-9-8-13(2)12-15(16)19-17(20)14-7-5-6-10-18-14/h5-10,12H,3-4,11H2,1-2H3. The van der Waals surface area contributed by atoms with Crippen LogP contribution in [0.25, 0.3) is 22.6 Å². The second-order valence-corrected chi connectivity index (χ2v) is 5.15. The van der Waals surface area contributed by atoms with Crippen LogP contribution in [0.2, 0.25) is 0 Å². The van der Waals surface area contributed by atoms with Crippen molar-refractivity contribution in [1.29, 1.82) is 0 Å². The van der Waals surface area contributed by atoms with Crippen molar-refractivity contribution in [2.75, 3.05) is 0 Å². The van der Waals surface area contributed by atoms with Crippen LogP contribution < -0.4 is 0 Å². The fraction of sp³-hybridized carbons (Fsp3) is 0.294. The summed E-state index contributed by atoms with van der Waals surface area (Å²) in [4.78, 5) is 9.25. The van der Waals surface area contributed by atoms with Gasteiger partial charge in [-0.1, -0.05) is 25.5 Å². The molecule has 3 nitrogen and oxygen atoms in total. The lowest BCUT2D eigenvalue weighted by molar-refractivity contribution is 0.650. The molecule has 0 saturated heterocycles. The summed E-state index contributed by atoms with van der Waals surface area (Å²) < 4.78 is 2.29. The van der Waals surface area contributed by atoms with Gasteiger partial charge >= 0.3 is 0 Å². The van der Waals surface area contributed by atoms with Gasteiger partial charge in [-0.25, -0.2) is 4.98 Å². The SMILES string of the molecule is CCCCn1c(-c2ccccn2)nc2cc(C)ccc21. The highest BCUT2D eigenvalue weighted by molar-refractivity contribution is 5.80. The lowest BCUT2D eigenvalue weighted by Crippen LogP contribution is -2.01. The van der Waals surface area contributed by atoms with Gasteiger partial charge in [-0.15, -0.1) is 0 Å². The van der Waals surface area contributed by atoms with E-state index in [1.807, 2.05) is 24.4 Å². The van der Waals surface area contributed by atoms with Gasteiger partial charge in [0.2, 0.25) is 0 Å². The number of hydrogen-bond acceptors (Lipinski definition) is 2. The summed E-state index contributed by atoms with van der Waals surface area (Å²) in [6.07, 6.45) is 4.15. The fourth-order valence-corrected chi connectivity index (χ4v) is 2.47. The molecule has 1 aromatic carbocycles. The van der Waals surface area contributed by atoms with Crippen molar-refractivity contribution in [3.05, 3.63) is 48.2 Å². The Morgan fingerprint density at radius 2 is 2.05 bits per heavy atom. The lowest BCUT2D eigenvalue weighted by Gasteiger charge is -2.08. The zero-order valence-electron chi connectivity index (χ0n) is 12.0. The number of pyridine rings is 1. The highest BCUT2D eigenvalue weighted by atomic mass is 15.1. The largest absolute Gasteiger partial charge is 0.323 e. The van der Waals surface area contributed by atoms with Crippen LogP contribution in [0.3, 0.4) is 0 Å². The van der Waals surface area contributed by atoms with Crippen molar-refractivity contribution in [1.82, 2.24) is 14.5 Å². The lowest BCUT2D eigenvalue weighted by atomic mass is 10.2. The molecule has 20 heavy (non-hydrogen) atoms. The van der Waals surface area contributed by atoms with Crippen molar-refractivity contribution >= 4 is 11.0 Å². The van der Waals surface area contributed by atoms with Gasteiger partial charge in [0.05, 0.1) is 11.0 Å². The first-order chi connectivity index (χ1) is 9.79. The van der Waals surface area contributed by atoms with E-state index >= 15 is 0 Å². The van der Waals surface area contributed by atoms with E-state index in [0.29, 0.717) is 0 Å². The molecular formula is C17H19N3. The third-order valence-electron chi connectivity index (χ3n) is 3.53. The molecule has 0 aliphatic heterocycles. The van der Waals surface area contributed by atoms with Crippen LogP contribution in [0.4, 0.5) is 0 Å². The quantitative estimate of drug-likeness (QED) is 0.707. The molecule has 0 fully saturated rings. The Labute approximate surface area is 119 Å². The van der Waals surface area contributed by atoms with Crippen molar-refractivity contribution < 1.29 is 0 Å². The van der Waals surface area contributed by atoms with Gasteiger partial charge < -0.3 is 4.57 Å². The summed E-state index contributed by atoms with van der Waals surface area (Å²) in [5.74, 6) is 0.972. The van der Waals surface area contributed by atoms with Crippen LogP contribution in [0.1, 0.15) is 25.3 Å². The van der Waals surface area contributed by atoms with E-state index in [9.17, 15) is 0 Å². The molecule has 0 aliphatic carbocycles. The highest BCUT2D eigenvalue weighted by Crippen LogP contribution is 2.24. The maximum Gasteiger partial charge on any atom is 0.159 e. The van der Waals surface area contributed by atoms with Gasteiger partial charge in [-0.2, -0.15) is 0 Å². The van der Waals surface area contributed by atoms with Crippen LogP contribution in [-0.2, 0) is 6.54 Å². The van der Waals surface area contributed by atoms with Crippen molar-refractivity contribution in [2.24, 2.45) is 0 Å². The Morgan fingerprint density at radius 3 is 2.80 bits per heavy atom. The molecule has 0 atom stereocenters. The molecule has 0 aliphatic rings. The predicted molar refractivity (Wildman–Crippen MR) is 82.6 cm³/mol. The number of nitrogens with zero attached hydrogens (tertiary/aromatic N) is 3. The van der Waals surface area contributed by atoms with Crippen LogP contribution >= 0.6 is 0 Å². The van der Waals surface area contributed by atoms with Gasteiger partial charge in [0, 0.05) is 12.7 Å². The molecular weight excluding hydrogens is 246 g/mol. The number of aromatic nitrogens is 3. The van der Waals surface area contributed by atoms with Crippen LogP contribution in [0, 0.1) is 6.92 Å². The molecule has 3 aromatic rings. The van der Waals surface area contributed by atoms with Gasteiger partial charge in [0.1, 0.15) is 5.69 Å². The average Bonchev–Trinajstić information content (AvgIpc) is 2.83. The third kappa shape index (κ3) is 2.31. The van der Waals surface area contributed by atoms with Crippen LogP contribution in [0.5, 0.6) is 0 Å². The highest BCUT2D eigenvalue weighted by Gasteiger charge is 2.12. The van der Waals surface area contributed by atoms with Crippen molar-refractivity contribution in [3.63, 3.8) is 0 Å². The molecule has 0 saturated carbocycles. The van der Waals surface area contributed by atoms with Crippen LogP contribution in [0.15, 0.2) is 42.6 Å². The van der Waals surface area contributed by atoms with E-state index in [1.165, 1.54) is 17.5 Å². The number of aryl methyl sites for hydroxylation is 2. The van der Waals surface area contributed by atoms with E-state index < -0.39 is 0 Å². The van der Waals surface area contributed by atoms with Crippen molar-refractivity contribution in [3.8, 4) is 11.5 Å². The van der Waals surface area contributed by atoms with E-state index in [4.69, 9.17) is 4.98 Å². The van der Waals surface area contributed by atoms with Crippen LogP contribution in [-0.4, -0.2) is 14.5 Å². The molecule has 0 amide bonds. The van der Waals surface area contributed by atoms with Gasteiger partial charge in [0.25, 0.3) is 0 Å². The normalized spacial score (nSPS) is 11.1. The molecule has 0 radical (unpaired) electrons.